The summed E-state index contributed by atoms with van der Waals surface area (Å²) in [5.41, 5.74) is 2.97. The Kier molecular flexibility index (Phi) is 8.58. The summed E-state index contributed by atoms with van der Waals surface area (Å²) >= 11 is 0. The van der Waals surface area contributed by atoms with Gasteiger partial charge in [0.15, 0.2) is 5.96 Å². The van der Waals surface area contributed by atoms with Gasteiger partial charge in [-0.15, -0.1) is 24.0 Å². The van der Waals surface area contributed by atoms with Crippen LogP contribution < -0.4 is 10.6 Å². The highest BCUT2D eigenvalue weighted by Gasteiger charge is 2.36. The van der Waals surface area contributed by atoms with Crippen LogP contribution in [0.15, 0.2) is 29.3 Å². The third-order valence-corrected chi connectivity index (χ3v) is 6.19. The van der Waals surface area contributed by atoms with E-state index in [4.69, 9.17) is 0 Å². The second-order valence-electron chi connectivity index (χ2n) is 8.11. The van der Waals surface area contributed by atoms with Gasteiger partial charge in [0.1, 0.15) is 0 Å². The van der Waals surface area contributed by atoms with E-state index in [0.29, 0.717) is 6.42 Å². The van der Waals surface area contributed by atoms with Gasteiger partial charge in [0.25, 0.3) is 0 Å². The van der Waals surface area contributed by atoms with E-state index in [1.807, 2.05) is 18.9 Å². The minimum Gasteiger partial charge on any atom is -0.356 e. The fourth-order valence-electron chi connectivity index (χ4n) is 4.56. The molecule has 0 aromatic heterocycles. The van der Waals surface area contributed by atoms with E-state index < -0.39 is 0 Å². The van der Waals surface area contributed by atoms with Crippen molar-refractivity contribution >= 4 is 35.8 Å². The lowest BCUT2D eigenvalue weighted by Gasteiger charge is -2.31. The van der Waals surface area contributed by atoms with Gasteiger partial charge in [0.2, 0.25) is 5.91 Å². The number of aryl methyl sites for hydroxylation is 1. The normalized spacial score (nSPS) is 21.3. The summed E-state index contributed by atoms with van der Waals surface area (Å²) in [5.74, 6) is 1.09. The number of nitrogens with one attached hydrogen (secondary N) is 2. The fourth-order valence-corrected chi connectivity index (χ4v) is 4.56. The van der Waals surface area contributed by atoms with E-state index in [-0.39, 0.29) is 41.3 Å². The van der Waals surface area contributed by atoms with Crippen molar-refractivity contribution in [3.8, 4) is 0 Å². The Labute approximate surface area is 186 Å². The Balaban J connectivity index is 0.00000280. The first kappa shape index (κ1) is 23.0. The van der Waals surface area contributed by atoms with Gasteiger partial charge in [-0.2, -0.15) is 0 Å². The number of nitrogens with zero attached hydrogens (tertiary/aromatic N) is 2. The Hall–Kier alpha value is -1.31. The number of amides is 1. The fraction of sp³-hybridized carbons (Fsp3) is 0.636. The van der Waals surface area contributed by atoms with Crippen molar-refractivity contribution in [2.24, 2.45) is 4.99 Å². The average Bonchev–Trinajstić information content (AvgIpc) is 3.35. The summed E-state index contributed by atoms with van der Waals surface area (Å²) in [6.07, 6.45) is 6.59. The predicted octanol–water partition coefficient (Wildman–Crippen LogP) is 3.60. The monoisotopic (exact) mass is 498 g/mol. The molecule has 2 N–H and O–H groups in total. The second kappa shape index (κ2) is 10.5. The average molecular weight is 498 g/mol. The van der Waals surface area contributed by atoms with Crippen LogP contribution in [0.1, 0.15) is 56.6 Å². The summed E-state index contributed by atoms with van der Waals surface area (Å²) in [4.78, 5) is 18.3. The van der Waals surface area contributed by atoms with Crippen molar-refractivity contribution in [1.29, 1.82) is 0 Å². The van der Waals surface area contributed by atoms with E-state index in [1.54, 1.807) is 0 Å². The molecular formula is C22H35IN4O. The van der Waals surface area contributed by atoms with Crippen LogP contribution in [-0.4, -0.2) is 49.5 Å². The van der Waals surface area contributed by atoms with Crippen LogP contribution in [0.5, 0.6) is 0 Å². The lowest BCUT2D eigenvalue weighted by atomic mass is 9.78. The SMILES string of the molecule is CCC(=O)N1CCC(NC(=NC)NCC2(c3cccc(C)c3)CCCC2)C1.I. The molecule has 1 amide bonds. The van der Waals surface area contributed by atoms with Crippen LogP contribution in [0.3, 0.4) is 0 Å². The van der Waals surface area contributed by atoms with Crippen LogP contribution >= 0.6 is 24.0 Å². The van der Waals surface area contributed by atoms with Gasteiger partial charge >= 0.3 is 0 Å². The third-order valence-electron chi connectivity index (χ3n) is 6.19. The van der Waals surface area contributed by atoms with Crippen molar-refractivity contribution in [3.63, 3.8) is 0 Å². The number of likely N-dealkylation sites (tertiary alicyclic amines) is 1. The van der Waals surface area contributed by atoms with Crippen LogP contribution in [0.25, 0.3) is 0 Å². The summed E-state index contributed by atoms with van der Waals surface area (Å²) < 4.78 is 0. The van der Waals surface area contributed by atoms with Gasteiger partial charge in [-0.05, 0) is 31.7 Å². The number of rotatable bonds is 5. The molecule has 0 bridgehead atoms. The minimum absolute atomic E-state index is 0. The molecule has 1 unspecified atom stereocenters. The molecule has 1 saturated heterocycles. The summed E-state index contributed by atoms with van der Waals surface area (Å²) in [6, 6.07) is 9.25. The maximum atomic E-state index is 11.9. The lowest BCUT2D eigenvalue weighted by molar-refractivity contribution is -0.129. The number of carbonyl (C=O) groups excluding carboxylic acids is 1. The van der Waals surface area contributed by atoms with Crippen molar-refractivity contribution in [2.75, 3.05) is 26.7 Å². The van der Waals surface area contributed by atoms with Gasteiger partial charge < -0.3 is 15.5 Å². The quantitative estimate of drug-likeness (QED) is 0.371. The van der Waals surface area contributed by atoms with E-state index in [9.17, 15) is 4.79 Å². The van der Waals surface area contributed by atoms with Crippen LogP contribution in [0.4, 0.5) is 0 Å². The van der Waals surface area contributed by atoms with Gasteiger partial charge in [-0.3, -0.25) is 9.79 Å². The van der Waals surface area contributed by atoms with Crippen LogP contribution in [-0.2, 0) is 10.2 Å². The van der Waals surface area contributed by atoms with Crippen molar-refractivity contribution in [1.82, 2.24) is 15.5 Å². The molecule has 1 aliphatic heterocycles. The van der Waals surface area contributed by atoms with Gasteiger partial charge in [-0.1, -0.05) is 49.6 Å². The molecule has 1 atom stereocenters. The standard InChI is InChI=1S/C22H34N4O.HI/c1-4-20(27)26-13-10-19(15-26)25-21(23-3)24-16-22(11-5-6-12-22)18-9-7-8-17(2)14-18;/h7-9,14,19H,4-6,10-13,15-16H2,1-3H3,(H2,23,24,25);1H. The molecule has 2 fully saturated rings. The number of hydrogen-bond donors (Lipinski definition) is 2. The number of guanidine groups is 1. The Morgan fingerprint density at radius 3 is 2.71 bits per heavy atom. The van der Waals surface area contributed by atoms with Crippen molar-refractivity contribution < 1.29 is 4.79 Å². The van der Waals surface area contributed by atoms with Crippen molar-refractivity contribution in [3.05, 3.63) is 35.4 Å². The van der Waals surface area contributed by atoms with Gasteiger partial charge in [0, 0.05) is 44.6 Å². The molecule has 1 aliphatic carbocycles. The molecule has 1 heterocycles. The molecule has 2 aliphatic rings. The molecule has 0 radical (unpaired) electrons. The van der Waals surface area contributed by atoms with E-state index in [2.05, 4.69) is 46.8 Å². The van der Waals surface area contributed by atoms with E-state index >= 15 is 0 Å². The zero-order chi connectivity index (χ0) is 19.3. The van der Waals surface area contributed by atoms with Gasteiger partial charge in [-0.25, -0.2) is 0 Å². The van der Waals surface area contributed by atoms with Gasteiger partial charge in [0.05, 0.1) is 0 Å². The van der Waals surface area contributed by atoms with E-state index in [1.165, 1.54) is 36.8 Å². The molecule has 1 aromatic rings. The number of carbonyl (C=O) groups is 1. The third kappa shape index (κ3) is 5.39. The van der Waals surface area contributed by atoms with Crippen LogP contribution in [0.2, 0.25) is 0 Å². The molecule has 5 nitrogen and oxygen atoms in total. The zero-order valence-electron chi connectivity index (χ0n) is 17.5. The number of aliphatic imine (C=N–C) groups is 1. The molecular weight excluding hydrogens is 463 g/mol. The maximum absolute atomic E-state index is 11.9. The highest BCUT2D eigenvalue weighted by Crippen LogP contribution is 2.40. The summed E-state index contributed by atoms with van der Waals surface area (Å²) in [6.45, 7) is 6.62. The Bertz CT molecular complexity index is 685. The molecule has 6 heteroatoms. The maximum Gasteiger partial charge on any atom is 0.222 e. The highest BCUT2D eigenvalue weighted by molar-refractivity contribution is 14.0. The Morgan fingerprint density at radius 1 is 1.32 bits per heavy atom. The molecule has 1 aromatic carbocycles. The molecule has 1 saturated carbocycles. The smallest absolute Gasteiger partial charge is 0.222 e. The zero-order valence-corrected chi connectivity index (χ0v) is 19.8. The molecule has 3 rings (SSSR count). The first-order valence-electron chi connectivity index (χ1n) is 10.4. The minimum atomic E-state index is 0. The largest absolute Gasteiger partial charge is 0.356 e. The number of halogens is 1. The second-order valence-corrected chi connectivity index (χ2v) is 8.11. The van der Waals surface area contributed by atoms with Crippen molar-refractivity contribution in [2.45, 2.75) is 63.8 Å². The highest BCUT2D eigenvalue weighted by atomic mass is 127. The number of benzene rings is 1. The van der Waals surface area contributed by atoms with Crippen LogP contribution in [0, 0.1) is 6.92 Å². The van der Waals surface area contributed by atoms with E-state index in [0.717, 1.165) is 32.0 Å². The summed E-state index contributed by atoms with van der Waals surface area (Å²) in [7, 11) is 1.83. The molecule has 28 heavy (non-hydrogen) atoms. The summed E-state index contributed by atoms with van der Waals surface area (Å²) in [5, 5.41) is 7.11. The lowest BCUT2D eigenvalue weighted by Crippen LogP contribution is -2.48. The first-order chi connectivity index (χ1) is 13.1. The molecule has 156 valence electrons. The first-order valence-corrected chi connectivity index (χ1v) is 10.4. The number of hydrogen-bond acceptors (Lipinski definition) is 2. The Morgan fingerprint density at radius 2 is 2.07 bits per heavy atom. The predicted molar refractivity (Wildman–Crippen MR) is 127 cm³/mol. The topological polar surface area (TPSA) is 56.7 Å². The molecule has 0 spiro atoms.